The second-order valence-corrected chi connectivity index (χ2v) is 7.67. The molecule has 0 saturated carbocycles. The van der Waals surface area contributed by atoms with Gasteiger partial charge in [-0.05, 0) is 37.1 Å². The van der Waals surface area contributed by atoms with Gasteiger partial charge in [-0.2, -0.15) is 0 Å². The lowest BCUT2D eigenvalue weighted by Gasteiger charge is -2.35. The Bertz CT molecular complexity index is 785. The number of nitrogens with one attached hydrogen (secondary N) is 1. The Kier molecular flexibility index (Phi) is 6.77. The van der Waals surface area contributed by atoms with E-state index >= 15 is 0 Å². The van der Waals surface area contributed by atoms with E-state index in [-0.39, 0.29) is 5.91 Å². The van der Waals surface area contributed by atoms with Crippen LogP contribution in [0.5, 0.6) is 11.5 Å². The molecule has 0 aromatic heterocycles. The van der Waals surface area contributed by atoms with Gasteiger partial charge < -0.3 is 14.8 Å². The molecule has 1 N–H and O–H groups in total. The molecule has 2 aromatic carbocycles. The fourth-order valence-corrected chi connectivity index (χ4v) is 3.87. The van der Waals surface area contributed by atoms with Gasteiger partial charge in [0.1, 0.15) is 5.75 Å². The van der Waals surface area contributed by atoms with Crippen LogP contribution in [0.4, 0.5) is 5.69 Å². The predicted molar refractivity (Wildman–Crippen MR) is 113 cm³/mol. The lowest BCUT2D eigenvalue weighted by atomic mass is 10.2. The highest BCUT2D eigenvalue weighted by atomic mass is 16.5. The summed E-state index contributed by atoms with van der Waals surface area (Å²) in [4.78, 5) is 17.3. The monoisotopic (exact) mass is 395 g/mol. The highest BCUT2D eigenvalue weighted by molar-refractivity contribution is 5.93. The molecule has 2 aliphatic rings. The molecule has 2 aliphatic heterocycles. The van der Waals surface area contributed by atoms with Crippen LogP contribution >= 0.6 is 0 Å². The molecule has 2 saturated heterocycles. The van der Waals surface area contributed by atoms with Gasteiger partial charge in [-0.15, -0.1) is 0 Å². The first-order chi connectivity index (χ1) is 14.3. The van der Waals surface area contributed by atoms with Gasteiger partial charge in [-0.3, -0.25) is 14.6 Å². The van der Waals surface area contributed by atoms with E-state index < -0.39 is 0 Å². The van der Waals surface area contributed by atoms with Crippen molar-refractivity contribution in [2.75, 3.05) is 51.2 Å². The lowest BCUT2D eigenvalue weighted by Crippen LogP contribution is -2.50. The second-order valence-electron chi connectivity index (χ2n) is 7.67. The fraction of sp³-hybridized carbons (Fsp3) is 0.435. The first-order valence-electron chi connectivity index (χ1n) is 10.4. The van der Waals surface area contributed by atoms with Gasteiger partial charge in [0.2, 0.25) is 5.91 Å². The van der Waals surface area contributed by atoms with Crippen LogP contribution in [0.1, 0.15) is 12.8 Å². The smallest absolute Gasteiger partial charge is 0.238 e. The molecule has 2 aromatic rings. The van der Waals surface area contributed by atoms with Crippen LogP contribution in [-0.2, 0) is 9.53 Å². The maximum atomic E-state index is 12.6. The molecule has 0 radical (unpaired) electrons. The van der Waals surface area contributed by atoms with Crippen LogP contribution in [0.2, 0.25) is 0 Å². The summed E-state index contributed by atoms with van der Waals surface area (Å²) in [5, 5.41) is 3.01. The number of rotatable bonds is 7. The van der Waals surface area contributed by atoms with Crippen LogP contribution < -0.4 is 10.1 Å². The summed E-state index contributed by atoms with van der Waals surface area (Å²) in [6, 6.07) is 17.1. The summed E-state index contributed by atoms with van der Waals surface area (Å²) in [5.74, 6) is 1.38. The Balaban J connectivity index is 1.26. The highest BCUT2D eigenvalue weighted by Crippen LogP contribution is 2.29. The number of carbonyl (C=O) groups is 1. The van der Waals surface area contributed by atoms with Crippen LogP contribution in [0.3, 0.4) is 0 Å². The van der Waals surface area contributed by atoms with E-state index in [1.165, 1.54) is 12.8 Å². The zero-order chi connectivity index (χ0) is 19.9. The highest BCUT2D eigenvalue weighted by Gasteiger charge is 2.23. The Morgan fingerprint density at radius 2 is 1.72 bits per heavy atom. The normalized spacial score (nSPS) is 20.5. The number of hydrogen-bond acceptors (Lipinski definition) is 5. The average Bonchev–Trinajstić information content (AvgIpc) is 3.25. The quantitative estimate of drug-likeness (QED) is 0.780. The van der Waals surface area contributed by atoms with E-state index in [2.05, 4.69) is 15.1 Å². The van der Waals surface area contributed by atoms with E-state index in [9.17, 15) is 4.79 Å². The molecule has 0 aliphatic carbocycles. The SMILES string of the molecule is O=C(CN1CCN(C[C@H]2CCCO2)CC1)Nc1ccccc1Oc1ccccc1. The van der Waals surface area contributed by atoms with E-state index in [1.54, 1.807) is 0 Å². The van der Waals surface area contributed by atoms with Crippen LogP contribution in [0, 0.1) is 0 Å². The first-order valence-corrected chi connectivity index (χ1v) is 10.4. The lowest BCUT2D eigenvalue weighted by molar-refractivity contribution is -0.117. The average molecular weight is 396 g/mol. The number of piperazine rings is 1. The summed E-state index contributed by atoms with van der Waals surface area (Å²) < 4.78 is 11.7. The third kappa shape index (κ3) is 5.79. The molecule has 154 valence electrons. The van der Waals surface area contributed by atoms with Crippen LogP contribution in [0.15, 0.2) is 54.6 Å². The summed E-state index contributed by atoms with van der Waals surface area (Å²) >= 11 is 0. The first kappa shape index (κ1) is 19.9. The number of anilines is 1. The molecule has 0 bridgehead atoms. The van der Waals surface area contributed by atoms with Crippen molar-refractivity contribution in [2.45, 2.75) is 18.9 Å². The Morgan fingerprint density at radius 3 is 2.48 bits per heavy atom. The molecule has 6 nitrogen and oxygen atoms in total. The van der Waals surface area contributed by atoms with Crippen molar-refractivity contribution in [1.29, 1.82) is 0 Å². The summed E-state index contributed by atoms with van der Waals surface area (Å²) in [6.45, 7) is 6.10. The third-order valence-corrected chi connectivity index (χ3v) is 5.45. The molecule has 1 amide bonds. The summed E-state index contributed by atoms with van der Waals surface area (Å²) in [5.41, 5.74) is 0.693. The number of amides is 1. The number of hydrogen-bond donors (Lipinski definition) is 1. The molecule has 2 heterocycles. The molecular formula is C23H29N3O3. The largest absolute Gasteiger partial charge is 0.455 e. The minimum absolute atomic E-state index is 0.0123. The van der Waals surface area contributed by atoms with Gasteiger partial charge in [0.15, 0.2) is 5.75 Å². The Morgan fingerprint density at radius 1 is 1.00 bits per heavy atom. The fourth-order valence-electron chi connectivity index (χ4n) is 3.87. The van der Waals surface area contributed by atoms with Gasteiger partial charge in [0, 0.05) is 39.3 Å². The summed E-state index contributed by atoms with van der Waals surface area (Å²) in [6.07, 6.45) is 2.75. The van der Waals surface area contributed by atoms with E-state index in [1.807, 2.05) is 54.6 Å². The molecule has 6 heteroatoms. The molecule has 29 heavy (non-hydrogen) atoms. The topological polar surface area (TPSA) is 54.0 Å². The number of benzene rings is 2. The molecule has 2 fully saturated rings. The minimum atomic E-state index is -0.0123. The minimum Gasteiger partial charge on any atom is -0.455 e. The zero-order valence-corrected chi connectivity index (χ0v) is 16.8. The standard InChI is InChI=1S/C23H29N3O3/c27-23(18-26-14-12-25(13-15-26)17-20-9-6-16-28-20)24-21-10-4-5-11-22(21)29-19-7-2-1-3-8-19/h1-5,7-8,10-11,20H,6,9,12-18H2,(H,24,27)/t20-/m1/s1. The number of para-hydroxylation sites is 3. The molecule has 4 rings (SSSR count). The third-order valence-electron chi connectivity index (χ3n) is 5.45. The van der Waals surface area contributed by atoms with Crippen molar-refractivity contribution >= 4 is 11.6 Å². The molecule has 0 unspecified atom stereocenters. The van der Waals surface area contributed by atoms with E-state index in [0.717, 1.165) is 45.1 Å². The number of ether oxygens (including phenoxy) is 2. The number of nitrogens with zero attached hydrogens (tertiary/aromatic N) is 2. The van der Waals surface area contributed by atoms with Crippen molar-refractivity contribution in [2.24, 2.45) is 0 Å². The van der Waals surface area contributed by atoms with Gasteiger partial charge in [-0.1, -0.05) is 30.3 Å². The molecular weight excluding hydrogens is 366 g/mol. The Hall–Kier alpha value is -2.41. The second kappa shape index (κ2) is 9.87. The van der Waals surface area contributed by atoms with Gasteiger partial charge >= 0.3 is 0 Å². The van der Waals surface area contributed by atoms with Crippen molar-refractivity contribution in [3.8, 4) is 11.5 Å². The van der Waals surface area contributed by atoms with Crippen molar-refractivity contribution in [3.63, 3.8) is 0 Å². The van der Waals surface area contributed by atoms with Gasteiger partial charge in [0.05, 0.1) is 18.3 Å². The van der Waals surface area contributed by atoms with E-state index in [4.69, 9.17) is 9.47 Å². The van der Waals surface area contributed by atoms with Crippen molar-refractivity contribution < 1.29 is 14.3 Å². The van der Waals surface area contributed by atoms with E-state index in [0.29, 0.717) is 24.1 Å². The number of carbonyl (C=O) groups excluding carboxylic acids is 1. The van der Waals surface area contributed by atoms with Gasteiger partial charge in [0.25, 0.3) is 0 Å². The zero-order valence-electron chi connectivity index (χ0n) is 16.8. The van der Waals surface area contributed by atoms with Crippen LogP contribution in [0.25, 0.3) is 0 Å². The predicted octanol–water partition coefficient (Wildman–Crippen LogP) is 3.21. The maximum absolute atomic E-state index is 12.6. The van der Waals surface area contributed by atoms with Crippen molar-refractivity contribution in [3.05, 3.63) is 54.6 Å². The van der Waals surface area contributed by atoms with Crippen molar-refractivity contribution in [1.82, 2.24) is 9.80 Å². The Labute approximate surface area is 172 Å². The maximum Gasteiger partial charge on any atom is 0.238 e. The molecule has 1 atom stereocenters. The van der Waals surface area contributed by atoms with Crippen LogP contribution in [-0.4, -0.2) is 67.7 Å². The molecule has 0 spiro atoms. The van der Waals surface area contributed by atoms with Gasteiger partial charge in [-0.25, -0.2) is 0 Å². The summed E-state index contributed by atoms with van der Waals surface area (Å²) in [7, 11) is 0.